The number of carboxylic acid groups (broad SMARTS) is 1. The van der Waals surface area contributed by atoms with Crippen molar-refractivity contribution in [3.63, 3.8) is 0 Å². The molecule has 11 heteroatoms. The minimum absolute atomic E-state index is 0.0194. The lowest BCUT2D eigenvalue weighted by molar-refractivity contribution is -0.192. The molecule has 1 aromatic heterocycles. The van der Waals surface area contributed by atoms with Crippen LogP contribution in [0.2, 0.25) is 0 Å². The summed E-state index contributed by atoms with van der Waals surface area (Å²) in [5.74, 6) is -2.78. The first-order valence-electron chi connectivity index (χ1n) is 8.75. The van der Waals surface area contributed by atoms with Crippen molar-refractivity contribution in [3.8, 4) is 0 Å². The number of carboxylic acids is 1. The summed E-state index contributed by atoms with van der Waals surface area (Å²) in [4.78, 5) is 33.8. The highest BCUT2D eigenvalue weighted by Gasteiger charge is 2.40. The average molecular weight is 404 g/mol. The molecule has 0 aromatic carbocycles. The number of halogens is 3. The van der Waals surface area contributed by atoms with E-state index in [1.807, 2.05) is 4.90 Å². The monoisotopic (exact) mass is 404 g/mol. The van der Waals surface area contributed by atoms with Crippen LogP contribution in [0, 0.1) is 5.41 Å². The molecule has 1 N–H and O–H groups in total. The number of carbonyl (C=O) groups excluding carboxylic acids is 1. The smallest absolute Gasteiger partial charge is 0.475 e. The molecule has 1 aromatic rings. The van der Waals surface area contributed by atoms with Crippen LogP contribution in [0.5, 0.6) is 0 Å². The van der Waals surface area contributed by atoms with E-state index in [9.17, 15) is 18.0 Å². The molecule has 0 bridgehead atoms. The maximum atomic E-state index is 12.6. The number of likely N-dealkylation sites (tertiary alicyclic amines) is 1. The molecule has 2 saturated heterocycles. The molecule has 1 atom stereocenters. The zero-order valence-electron chi connectivity index (χ0n) is 15.5. The maximum absolute atomic E-state index is 12.6. The van der Waals surface area contributed by atoms with Crippen molar-refractivity contribution in [2.75, 3.05) is 46.4 Å². The first-order chi connectivity index (χ1) is 13.1. The molecule has 1 spiro atoms. The molecule has 2 aliphatic rings. The molecule has 3 heterocycles. The highest BCUT2D eigenvalue weighted by atomic mass is 19.4. The van der Waals surface area contributed by atoms with Crippen molar-refractivity contribution in [2.45, 2.75) is 19.0 Å². The van der Waals surface area contributed by atoms with Gasteiger partial charge in [-0.2, -0.15) is 13.2 Å². The van der Waals surface area contributed by atoms with Gasteiger partial charge >= 0.3 is 12.1 Å². The summed E-state index contributed by atoms with van der Waals surface area (Å²) in [6, 6.07) is 0. The Morgan fingerprint density at radius 1 is 1.25 bits per heavy atom. The zero-order chi connectivity index (χ0) is 20.8. The molecule has 0 radical (unpaired) electrons. The van der Waals surface area contributed by atoms with Gasteiger partial charge in [-0.15, -0.1) is 0 Å². The number of nitrogens with zero attached hydrogens (tertiary/aromatic N) is 4. The molecule has 3 rings (SSSR count). The number of likely N-dealkylation sites (N-methyl/N-ethyl adjacent to an activating group) is 1. The van der Waals surface area contributed by atoms with Crippen LogP contribution in [-0.4, -0.2) is 89.4 Å². The van der Waals surface area contributed by atoms with Gasteiger partial charge in [0.05, 0.1) is 19.4 Å². The van der Waals surface area contributed by atoms with Gasteiger partial charge in [-0.1, -0.05) is 0 Å². The van der Waals surface area contributed by atoms with E-state index >= 15 is 0 Å². The standard InChI is InChI=1S/C15H22N4O2.C2HF3O2/c1-18-7-8-21-12-15(10-18)3-2-6-19(11-15)14(20)13-9-16-4-5-17-13;3-2(4,5)1(6)7/h4-5,9H,2-3,6-8,10-12H2,1H3;(H,6,7). The summed E-state index contributed by atoms with van der Waals surface area (Å²) in [7, 11) is 2.12. The third kappa shape index (κ3) is 6.13. The lowest BCUT2D eigenvalue weighted by Gasteiger charge is -2.43. The topological polar surface area (TPSA) is 95.9 Å². The summed E-state index contributed by atoms with van der Waals surface area (Å²) < 4.78 is 37.5. The Morgan fingerprint density at radius 3 is 2.57 bits per heavy atom. The van der Waals surface area contributed by atoms with Crippen LogP contribution in [-0.2, 0) is 9.53 Å². The van der Waals surface area contributed by atoms with E-state index in [2.05, 4.69) is 21.9 Å². The number of amides is 1. The third-order valence-corrected chi connectivity index (χ3v) is 4.60. The number of carbonyl (C=O) groups is 2. The fourth-order valence-electron chi connectivity index (χ4n) is 3.41. The van der Waals surface area contributed by atoms with Crippen LogP contribution >= 0.6 is 0 Å². The van der Waals surface area contributed by atoms with Crippen LogP contribution in [0.15, 0.2) is 18.6 Å². The first kappa shape index (κ1) is 22.0. The number of hydrogen-bond donors (Lipinski definition) is 1. The maximum Gasteiger partial charge on any atom is 0.490 e. The highest BCUT2D eigenvalue weighted by molar-refractivity contribution is 5.92. The summed E-state index contributed by atoms with van der Waals surface area (Å²) in [5, 5.41) is 7.12. The summed E-state index contributed by atoms with van der Waals surface area (Å²) in [6.07, 6.45) is 1.74. The van der Waals surface area contributed by atoms with E-state index in [1.165, 1.54) is 0 Å². The Morgan fingerprint density at radius 2 is 1.96 bits per heavy atom. The second-order valence-corrected chi connectivity index (χ2v) is 7.01. The van der Waals surface area contributed by atoms with Crippen LogP contribution in [0.3, 0.4) is 0 Å². The van der Waals surface area contributed by atoms with E-state index in [0.29, 0.717) is 5.69 Å². The van der Waals surface area contributed by atoms with Gasteiger partial charge in [0, 0.05) is 44.0 Å². The number of rotatable bonds is 1. The fourth-order valence-corrected chi connectivity index (χ4v) is 3.41. The minimum atomic E-state index is -5.08. The van der Waals surface area contributed by atoms with Gasteiger partial charge in [0.1, 0.15) is 5.69 Å². The molecule has 28 heavy (non-hydrogen) atoms. The van der Waals surface area contributed by atoms with E-state index in [1.54, 1.807) is 18.6 Å². The normalized spacial score (nSPS) is 23.5. The predicted octanol–water partition coefficient (Wildman–Crippen LogP) is 1.29. The molecule has 156 valence electrons. The van der Waals surface area contributed by atoms with E-state index in [0.717, 1.165) is 52.2 Å². The minimum Gasteiger partial charge on any atom is -0.475 e. The fraction of sp³-hybridized carbons (Fsp3) is 0.647. The van der Waals surface area contributed by atoms with Crippen molar-refractivity contribution in [1.29, 1.82) is 0 Å². The molecule has 1 amide bonds. The zero-order valence-corrected chi connectivity index (χ0v) is 15.5. The third-order valence-electron chi connectivity index (χ3n) is 4.60. The largest absolute Gasteiger partial charge is 0.490 e. The van der Waals surface area contributed by atoms with Crippen molar-refractivity contribution in [2.24, 2.45) is 5.41 Å². The van der Waals surface area contributed by atoms with Crippen molar-refractivity contribution >= 4 is 11.9 Å². The molecule has 0 aliphatic carbocycles. The SMILES string of the molecule is CN1CCOCC2(CCCN(C(=O)c3cnccn3)C2)C1.O=C(O)C(F)(F)F. The lowest BCUT2D eigenvalue weighted by atomic mass is 9.80. The van der Waals surface area contributed by atoms with Crippen LogP contribution in [0.4, 0.5) is 13.2 Å². The highest BCUT2D eigenvalue weighted by Crippen LogP contribution is 2.33. The van der Waals surface area contributed by atoms with Gasteiger partial charge in [0.2, 0.25) is 0 Å². The molecule has 0 saturated carbocycles. The van der Waals surface area contributed by atoms with E-state index < -0.39 is 12.1 Å². The number of alkyl halides is 3. The first-order valence-corrected chi connectivity index (χ1v) is 8.75. The Labute approximate surface area is 160 Å². The molecule has 2 aliphatic heterocycles. The number of aliphatic carboxylic acids is 1. The Balaban J connectivity index is 0.000000345. The van der Waals surface area contributed by atoms with Gasteiger partial charge in [-0.3, -0.25) is 9.78 Å². The summed E-state index contributed by atoms with van der Waals surface area (Å²) >= 11 is 0. The Hall–Kier alpha value is -2.27. The van der Waals surface area contributed by atoms with E-state index in [4.69, 9.17) is 14.6 Å². The number of piperidine rings is 1. The van der Waals surface area contributed by atoms with Gasteiger partial charge in [0.15, 0.2) is 0 Å². The summed E-state index contributed by atoms with van der Waals surface area (Å²) in [6.45, 7) is 4.99. The number of hydrogen-bond acceptors (Lipinski definition) is 6. The average Bonchev–Trinajstić information content (AvgIpc) is 2.82. The molecule has 1 unspecified atom stereocenters. The Kier molecular flexibility index (Phi) is 7.30. The van der Waals surface area contributed by atoms with Crippen LogP contribution in [0.25, 0.3) is 0 Å². The summed E-state index contributed by atoms with van der Waals surface area (Å²) in [5.41, 5.74) is 0.485. The second-order valence-electron chi connectivity index (χ2n) is 7.01. The quantitative estimate of drug-likeness (QED) is 0.754. The molecular weight excluding hydrogens is 381 g/mol. The molecule has 2 fully saturated rings. The lowest BCUT2D eigenvalue weighted by Crippen LogP contribution is -2.51. The van der Waals surface area contributed by atoms with Crippen LogP contribution in [0.1, 0.15) is 23.3 Å². The van der Waals surface area contributed by atoms with Gasteiger partial charge < -0.3 is 19.6 Å². The second kappa shape index (κ2) is 9.28. The van der Waals surface area contributed by atoms with Gasteiger partial charge in [0.25, 0.3) is 5.91 Å². The van der Waals surface area contributed by atoms with Gasteiger partial charge in [-0.05, 0) is 19.9 Å². The van der Waals surface area contributed by atoms with Crippen molar-refractivity contribution in [1.82, 2.24) is 19.8 Å². The molecule has 8 nitrogen and oxygen atoms in total. The van der Waals surface area contributed by atoms with Crippen LogP contribution < -0.4 is 0 Å². The van der Waals surface area contributed by atoms with E-state index in [-0.39, 0.29) is 11.3 Å². The Bertz CT molecular complexity index is 674. The van der Waals surface area contributed by atoms with Crippen molar-refractivity contribution in [3.05, 3.63) is 24.3 Å². The number of aromatic nitrogens is 2. The predicted molar refractivity (Wildman–Crippen MR) is 91.6 cm³/mol. The molecular formula is C17H23F3N4O4. The van der Waals surface area contributed by atoms with Gasteiger partial charge in [-0.25, -0.2) is 9.78 Å². The van der Waals surface area contributed by atoms with Crippen molar-refractivity contribution < 1.29 is 32.6 Å². The number of ether oxygens (including phenoxy) is 1.